The molecule has 0 amide bonds. The molecule has 87 heavy (non-hydrogen) atoms. The SMILES string of the molecule is CN=Nc1ccc(S(=O)(=O)CCOS(=O)(=O)O)cc1.Nc1ccc(N=Nc2ccc(NS(=O)(=O)c3ccc(N=Nc4c(S(=O)(=O)O)cc5cc(S(=O)(=O)O)c(N=Nc6cc(S(=O)(=O)O)c7cccc(S(=O)(=O)O)c7c6)c(N)c5c4O)cc3)cc2)c(N)c1. The molecule has 8 rings (SSSR count). The van der Waals surface area contributed by atoms with Gasteiger partial charge in [0.2, 0.25) is 0 Å². The number of hydrogen-bond acceptors (Lipinski definition) is 27. The van der Waals surface area contributed by atoms with Crippen molar-refractivity contribution in [2.45, 2.75) is 29.4 Å². The molecule has 0 unspecified atom stereocenters. The zero-order chi connectivity index (χ0) is 64.2. The van der Waals surface area contributed by atoms with Gasteiger partial charge in [-0.2, -0.15) is 67.7 Å². The minimum atomic E-state index is -5.39. The van der Waals surface area contributed by atoms with Crippen LogP contribution in [0.2, 0.25) is 0 Å². The predicted octanol–water partition coefficient (Wildman–Crippen LogP) is 8.47. The minimum Gasteiger partial charge on any atom is -0.505 e. The van der Waals surface area contributed by atoms with Crippen LogP contribution in [-0.2, 0) is 74.9 Å². The summed E-state index contributed by atoms with van der Waals surface area (Å²) < 4.78 is 224. The number of benzene rings is 8. The van der Waals surface area contributed by atoms with Gasteiger partial charge in [0.05, 0.1) is 61.7 Å². The second kappa shape index (κ2) is 25.2. The molecular formula is C47H42N12O21S7. The largest absolute Gasteiger partial charge is 0.505 e. The highest BCUT2D eigenvalue weighted by atomic mass is 32.3. The van der Waals surface area contributed by atoms with Gasteiger partial charge >= 0.3 is 10.4 Å². The standard InChI is InChI=1S/C38H30N10O15S5.C9H12N2O6S2/c39-20-4-13-29(28(40)16-20)45-42-21-5-7-23(8-6-21)48-64(50,51)25-11-9-22(10-12-25)43-47-37-33(68(61,62)63)15-19-14-32(67(58,59)60)36(35(41)34(19)38(37)49)46-44-24-17-27-26(31(18-24)66(55,56)57)2-1-3-30(27)65(52,53)54;1-10-11-8-2-4-9(5-3-8)18(12,13)7-6-17-19(14,15)16/h1-18,48-49H,39-41H2,(H,52,53,54)(H,55,56,57)(H,58,59,60)(H,61,62,63);2-5H,6-7H2,1H3,(H,14,15,16). The molecule has 8 aromatic rings. The van der Waals surface area contributed by atoms with E-state index >= 15 is 0 Å². The van der Waals surface area contributed by atoms with E-state index in [2.05, 4.69) is 49.8 Å². The molecular weight excluding hydrogens is 1290 g/mol. The highest BCUT2D eigenvalue weighted by Crippen LogP contribution is 2.49. The summed E-state index contributed by atoms with van der Waals surface area (Å²) >= 11 is 0. The summed E-state index contributed by atoms with van der Waals surface area (Å²) in [5, 5.41) is 39.8. The van der Waals surface area contributed by atoms with Gasteiger partial charge in [0, 0.05) is 29.2 Å². The Morgan fingerprint density at radius 1 is 0.483 bits per heavy atom. The van der Waals surface area contributed by atoms with Gasteiger partial charge in [0.25, 0.3) is 50.5 Å². The second-order valence-electron chi connectivity index (χ2n) is 17.4. The normalized spacial score (nSPS) is 13.0. The van der Waals surface area contributed by atoms with E-state index in [9.17, 15) is 82.2 Å². The van der Waals surface area contributed by atoms with Gasteiger partial charge in [0.1, 0.15) is 36.6 Å². The van der Waals surface area contributed by atoms with Gasteiger partial charge < -0.3 is 22.3 Å². The van der Waals surface area contributed by atoms with Crippen molar-refractivity contribution < 1.29 is 91.0 Å². The van der Waals surface area contributed by atoms with Gasteiger partial charge in [-0.25, -0.2) is 21.0 Å². The molecule has 0 aliphatic carbocycles. The molecule has 13 N–H and O–H groups in total. The van der Waals surface area contributed by atoms with Crippen molar-refractivity contribution in [3.05, 3.63) is 133 Å². The van der Waals surface area contributed by atoms with E-state index in [1.807, 2.05) is 0 Å². The van der Waals surface area contributed by atoms with Crippen molar-refractivity contribution in [2.75, 3.05) is 41.3 Å². The van der Waals surface area contributed by atoms with E-state index in [4.69, 9.17) is 21.8 Å². The van der Waals surface area contributed by atoms with Crippen LogP contribution in [0.1, 0.15) is 0 Å². The number of aromatic hydroxyl groups is 1. The first-order valence-corrected chi connectivity index (χ1v) is 33.6. The number of rotatable bonds is 19. The summed E-state index contributed by atoms with van der Waals surface area (Å²) in [4.78, 5) is -4.37. The van der Waals surface area contributed by atoms with Crippen LogP contribution in [0.15, 0.2) is 204 Å². The number of nitrogens with zero attached hydrogens (tertiary/aromatic N) is 8. The Hall–Kier alpha value is -8.91. The van der Waals surface area contributed by atoms with Crippen molar-refractivity contribution in [1.29, 1.82) is 0 Å². The Labute approximate surface area is 493 Å². The van der Waals surface area contributed by atoms with Crippen LogP contribution in [0, 0.1) is 0 Å². The quantitative estimate of drug-likeness (QED) is 0.0206. The van der Waals surface area contributed by atoms with Crippen LogP contribution in [0.3, 0.4) is 0 Å². The van der Waals surface area contributed by atoms with Crippen LogP contribution in [0.4, 0.5) is 62.6 Å². The molecule has 40 heteroatoms. The zero-order valence-corrected chi connectivity index (χ0v) is 49.3. The molecule has 0 bridgehead atoms. The molecule has 8 aromatic carbocycles. The first kappa shape index (κ1) is 65.6. The summed E-state index contributed by atoms with van der Waals surface area (Å²) in [6, 6.07) is 26.3. The first-order valence-electron chi connectivity index (χ1n) is 23.3. The molecule has 458 valence electrons. The van der Waals surface area contributed by atoms with Crippen LogP contribution < -0.4 is 21.9 Å². The Kier molecular flexibility index (Phi) is 19.0. The number of hydrogen-bond donors (Lipinski definition) is 10. The smallest absolute Gasteiger partial charge is 0.397 e. The lowest BCUT2D eigenvalue weighted by molar-refractivity contribution is 0.284. The predicted molar refractivity (Wildman–Crippen MR) is 311 cm³/mol. The Morgan fingerprint density at radius 3 is 1.53 bits per heavy atom. The maximum absolute atomic E-state index is 13.2. The zero-order valence-electron chi connectivity index (χ0n) is 43.6. The number of nitrogens with two attached hydrogens (primary N) is 3. The summed E-state index contributed by atoms with van der Waals surface area (Å²) in [5.41, 5.74) is 16.4. The van der Waals surface area contributed by atoms with Crippen molar-refractivity contribution in [3.8, 4) is 5.75 Å². The van der Waals surface area contributed by atoms with Crippen LogP contribution in [-0.4, -0.2) is 106 Å². The lowest BCUT2D eigenvalue weighted by Gasteiger charge is -2.14. The molecule has 0 aliphatic heterocycles. The Bertz CT molecular complexity index is 5020. The third-order valence-electron chi connectivity index (χ3n) is 11.4. The van der Waals surface area contributed by atoms with E-state index in [1.54, 1.807) is 12.1 Å². The van der Waals surface area contributed by atoms with Gasteiger partial charge in [-0.3, -0.25) is 27.5 Å². The summed E-state index contributed by atoms with van der Waals surface area (Å²) in [6.07, 6.45) is 0. The molecule has 0 saturated carbocycles. The van der Waals surface area contributed by atoms with Crippen molar-refractivity contribution in [3.63, 3.8) is 0 Å². The topological polar surface area (TPSA) is 559 Å². The molecule has 33 nitrogen and oxygen atoms in total. The highest BCUT2D eigenvalue weighted by molar-refractivity contribution is 7.92. The maximum atomic E-state index is 13.2. The van der Waals surface area contributed by atoms with E-state index in [1.165, 1.54) is 61.6 Å². The van der Waals surface area contributed by atoms with E-state index < -0.39 is 153 Å². The number of nitrogens with one attached hydrogen (secondary N) is 1. The first-order chi connectivity index (χ1) is 40.4. The third kappa shape index (κ3) is 16.3. The average Bonchev–Trinajstić information content (AvgIpc) is 1.99. The third-order valence-corrected chi connectivity index (χ3v) is 18.5. The van der Waals surface area contributed by atoms with E-state index in [0.717, 1.165) is 48.5 Å². The van der Waals surface area contributed by atoms with Gasteiger partial charge in [0.15, 0.2) is 15.6 Å². The van der Waals surface area contributed by atoms with E-state index in [-0.39, 0.29) is 21.2 Å². The fourth-order valence-electron chi connectivity index (χ4n) is 7.61. The monoisotopic (exact) mass is 1330 g/mol. The average molecular weight is 1340 g/mol. The number of phenolic OH excluding ortho intramolecular Hbond substituents is 1. The number of azo groups is 4. The lowest BCUT2D eigenvalue weighted by atomic mass is 10.1. The second-order valence-corrected chi connectivity index (χ2v) is 27.9. The van der Waals surface area contributed by atoms with Crippen molar-refractivity contribution in [2.24, 2.45) is 40.9 Å². The molecule has 0 aliphatic rings. The molecule has 0 fully saturated rings. The fourth-order valence-corrected chi connectivity index (χ4v) is 12.9. The Morgan fingerprint density at radius 2 is 0.989 bits per heavy atom. The molecule has 0 atom stereocenters. The van der Waals surface area contributed by atoms with Gasteiger partial charge in [-0.05, 0) is 127 Å². The summed E-state index contributed by atoms with van der Waals surface area (Å²) in [7, 11) is -32.0. The molecule has 0 saturated heterocycles. The van der Waals surface area contributed by atoms with Crippen molar-refractivity contribution in [1.82, 2.24) is 0 Å². The number of nitrogen functional groups attached to an aromatic ring is 3. The summed E-state index contributed by atoms with van der Waals surface area (Å²) in [6.45, 7) is -0.655. The fraction of sp³-hybridized carbons (Fsp3) is 0.0638. The van der Waals surface area contributed by atoms with Crippen LogP contribution in [0.5, 0.6) is 5.75 Å². The minimum absolute atomic E-state index is 0.00138. The summed E-state index contributed by atoms with van der Waals surface area (Å²) in [5.74, 6) is -1.74. The van der Waals surface area contributed by atoms with Gasteiger partial charge in [-0.1, -0.05) is 12.1 Å². The molecule has 0 aromatic heterocycles. The number of sulfone groups is 1. The van der Waals surface area contributed by atoms with Crippen LogP contribution >= 0.6 is 0 Å². The lowest BCUT2D eigenvalue weighted by Crippen LogP contribution is -2.15. The van der Waals surface area contributed by atoms with Crippen LogP contribution in [0.25, 0.3) is 21.5 Å². The molecule has 0 radical (unpaired) electrons. The van der Waals surface area contributed by atoms with Crippen molar-refractivity contribution >= 4 is 155 Å². The number of fused-ring (bicyclic) bond motifs is 2. The number of anilines is 4. The van der Waals surface area contributed by atoms with Gasteiger partial charge in [-0.15, -0.1) is 15.3 Å². The number of phenols is 1. The molecule has 0 spiro atoms. The molecule has 0 heterocycles. The maximum Gasteiger partial charge on any atom is 0.397 e. The Balaban J connectivity index is 0.000000485. The highest BCUT2D eigenvalue weighted by Gasteiger charge is 2.29. The van der Waals surface area contributed by atoms with E-state index in [0.29, 0.717) is 46.6 Å². The number of sulfonamides is 1.